The maximum Gasteiger partial charge on any atom is 0.179 e. The Morgan fingerprint density at radius 2 is 2.00 bits per heavy atom. The molecule has 0 saturated carbocycles. The van der Waals surface area contributed by atoms with Gasteiger partial charge in [-0.05, 0) is 34.5 Å². The Hall–Kier alpha value is -0.710. The number of aryl methyl sites for hydroxylation is 1. The monoisotopic (exact) mass is 345 g/mol. The summed E-state index contributed by atoms with van der Waals surface area (Å²) in [4.78, 5) is 12.9. The Balaban J connectivity index is 2.48. The van der Waals surface area contributed by atoms with Crippen LogP contribution in [0.15, 0.2) is 22.8 Å². The molecular weight excluding hydrogens is 337 g/mol. The third-order valence-corrected chi connectivity index (χ3v) is 3.88. The van der Waals surface area contributed by atoms with E-state index < -0.39 is 0 Å². The van der Waals surface area contributed by atoms with Crippen LogP contribution in [-0.2, 0) is 6.42 Å². The number of rotatable bonds is 3. The van der Waals surface area contributed by atoms with Gasteiger partial charge in [0, 0.05) is 6.20 Å². The first kappa shape index (κ1) is 13.7. The van der Waals surface area contributed by atoms with E-state index in [4.69, 9.17) is 23.2 Å². The molecule has 0 aromatic carbocycles. The normalized spacial score (nSPS) is 10.7. The molecule has 94 valence electrons. The minimum absolute atomic E-state index is 0.403. The summed E-state index contributed by atoms with van der Waals surface area (Å²) in [7, 11) is 0. The number of pyridine rings is 1. The summed E-state index contributed by atoms with van der Waals surface area (Å²) in [5.74, 6) is 0.517. The number of hydrogen-bond acceptors (Lipinski definition) is 3. The van der Waals surface area contributed by atoms with E-state index in [1.807, 2.05) is 0 Å². The molecule has 0 fully saturated rings. The van der Waals surface area contributed by atoms with Gasteiger partial charge in [0.25, 0.3) is 0 Å². The summed E-state index contributed by atoms with van der Waals surface area (Å²) in [6.07, 6.45) is 3.39. The predicted octanol–water partition coefficient (Wildman–Crippen LogP) is 4.56. The Morgan fingerprint density at radius 3 is 2.61 bits per heavy atom. The molecule has 0 spiro atoms. The molecule has 18 heavy (non-hydrogen) atoms. The van der Waals surface area contributed by atoms with Crippen molar-refractivity contribution in [1.29, 1.82) is 0 Å². The third kappa shape index (κ3) is 2.99. The van der Waals surface area contributed by atoms with Crippen LogP contribution in [0.3, 0.4) is 0 Å². The SMILES string of the molecule is CCCc1nc(-c2ccc(Cl)cn2)nc(Cl)c1Br. The topological polar surface area (TPSA) is 38.7 Å². The van der Waals surface area contributed by atoms with E-state index in [-0.39, 0.29) is 0 Å². The second-order valence-corrected chi connectivity index (χ2v) is 5.30. The highest BCUT2D eigenvalue weighted by atomic mass is 79.9. The lowest BCUT2D eigenvalue weighted by Crippen LogP contribution is -1.99. The van der Waals surface area contributed by atoms with Crippen molar-refractivity contribution in [3.63, 3.8) is 0 Å². The zero-order valence-corrected chi connectivity index (χ0v) is 12.7. The maximum atomic E-state index is 6.08. The third-order valence-electron chi connectivity index (χ3n) is 2.32. The van der Waals surface area contributed by atoms with Gasteiger partial charge >= 0.3 is 0 Å². The van der Waals surface area contributed by atoms with Crippen molar-refractivity contribution in [3.05, 3.63) is 38.7 Å². The van der Waals surface area contributed by atoms with Crippen LogP contribution in [0.4, 0.5) is 0 Å². The molecule has 0 N–H and O–H groups in total. The van der Waals surface area contributed by atoms with Crippen molar-refractivity contribution < 1.29 is 0 Å². The van der Waals surface area contributed by atoms with Gasteiger partial charge in [0.1, 0.15) is 10.8 Å². The fourth-order valence-corrected chi connectivity index (χ4v) is 2.16. The van der Waals surface area contributed by atoms with Crippen molar-refractivity contribution in [3.8, 4) is 11.5 Å². The molecule has 0 bridgehead atoms. The zero-order chi connectivity index (χ0) is 13.1. The van der Waals surface area contributed by atoms with Crippen molar-refractivity contribution in [2.75, 3.05) is 0 Å². The lowest BCUT2D eigenvalue weighted by atomic mass is 10.2. The average molecular weight is 347 g/mol. The molecule has 2 aromatic heterocycles. The molecule has 2 rings (SSSR count). The molecule has 6 heteroatoms. The summed E-state index contributed by atoms with van der Waals surface area (Å²) in [6, 6.07) is 3.53. The minimum Gasteiger partial charge on any atom is -0.251 e. The smallest absolute Gasteiger partial charge is 0.179 e. The van der Waals surface area contributed by atoms with Crippen LogP contribution >= 0.6 is 39.1 Å². The van der Waals surface area contributed by atoms with Crippen LogP contribution in [0.5, 0.6) is 0 Å². The lowest BCUT2D eigenvalue weighted by molar-refractivity contribution is 0.866. The zero-order valence-electron chi connectivity index (χ0n) is 9.62. The molecule has 2 aromatic rings. The van der Waals surface area contributed by atoms with Crippen LogP contribution in [0, 0.1) is 0 Å². The quantitative estimate of drug-likeness (QED) is 0.764. The molecule has 0 unspecified atom stereocenters. The van der Waals surface area contributed by atoms with Gasteiger partial charge in [0.2, 0.25) is 0 Å². The maximum absolute atomic E-state index is 6.08. The van der Waals surface area contributed by atoms with Crippen molar-refractivity contribution in [2.24, 2.45) is 0 Å². The summed E-state index contributed by atoms with van der Waals surface area (Å²) < 4.78 is 0.753. The highest BCUT2D eigenvalue weighted by Crippen LogP contribution is 2.27. The standard InChI is InChI=1S/C12H10BrCl2N3/c1-2-3-8-10(13)11(15)18-12(17-8)9-5-4-7(14)6-16-9/h4-6H,2-3H2,1H3. The van der Waals surface area contributed by atoms with Crippen LogP contribution in [0.2, 0.25) is 10.2 Å². The van der Waals surface area contributed by atoms with Gasteiger partial charge in [-0.1, -0.05) is 36.5 Å². The summed E-state index contributed by atoms with van der Waals surface area (Å²) >= 11 is 15.3. The van der Waals surface area contributed by atoms with E-state index in [0.717, 1.165) is 23.0 Å². The van der Waals surface area contributed by atoms with Gasteiger partial charge in [0.05, 0.1) is 15.2 Å². The summed E-state index contributed by atoms with van der Waals surface area (Å²) in [5.41, 5.74) is 1.55. The number of halogens is 3. The molecule has 3 nitrogen and oxygen atoms in total. The van der Waals surface area contributed by atoms with Crippen LogP contribution in [0.1, 0.15) is 19.0 Å². The van der Waals surface area contributed by atoms with E-state index in [1.54, 1.807) is 18.3 Å². The second kappa shape index (κ2) is 5.95. The van der Waals surface area contributed by atoms with Crippen LogP contribution in [-0.4, -0.2) is 15.0 Å². The molecule has 0 amide bonds. The first-order valence-electron chi connectivity index (χ1n) is 5.45. The van der Waals surface area contributed by atoms with Gasteiger partial charge in [0.15, 0.2) is 5.82 Å². The highest BCUT2D eigenvalue weighted by molar-refractivity contribution is 9.10. The number of hydrogen-bond donors (Lipinski definition) is 0. The van der Waals surface area contributed by atoms with Gasteiger partial charge in [-0.2, -0.15) is 0 Å². The largest absolute Gasteiger partial charge is 0.251 e. The van der Waals surface area contributed by atoms with Crippen molar-refractivity contribution in [2.45, 2.75) is 19.8 Å². The lowest BCUT2D eigenvalue weighted by Gasteiger charge is -2.07. The van der Waals surface area contributed by atoms with Gasteiger partial charge in [-0.3, -0.25) is 4.98 Å². The first-order chi connectivity index (χ1) is 8.61. The molecule has 2 heterocycles. The van der Waals surface area contributed by atoms with E-state index >= 15 is 0 Å². The summed E-state index contributed by atoms with van der Waals surface area (Å²) in [6.45, 7) is 2.09. The van der Waals surface area contributed by atoms with E-state index in [2.05, 4.69) is 37.8 Å². The fourth-order valence-electron chi connectivity index (χ4n) is 1.49. The minimum atomic E-state index is 0.403. The molecule has 0 atom stereocenters. The predicted molar refractivity (Wildman–Crippen MR) is 77.0 cm³/mol. The van der Waals surface area contributed by atoms with Crippen LogP contribution in [0.25, 0.3) is 11.5 Å². The van der Waals surface area contributed by atoms with E-state index in [9.17, 15) is 0 Å². The molecular formula is C12H10BrCl2N3. The molecule has 0 aliphatic heterocycles. The van der Waals surface area contributed by atoms with E-state index in [1.165, 1.54) is 0 Å². The number of aromatic nitrogens is 3. The van der Waals surface area contributed by atoms with Gasteiger partial charge in [-0.15, -0.1) is 0 Å². The Labute approximate surface area is 124 Å². The van der Waals surface area contributed by atoms with Crippen LogP contribution < -0.4 is 0 Å². The number of nitrogens with zero attached hydrogens (tertiary/aromatic N) is 3. The molecule has 0 saturated heterocycles. The van der Waals surface area contributed by atoms with Gasteiger partial charge in [-0.25, -0.2) is 9.97 Å². The van der Waals surface area contributed by atoms with Crippen molar-refractivity contribution >= 4 is 39.1 Å². The average Bonchev–Trinajstić information content (AvgIpc) is 2.36. The van der Waals surface area contributed by atoms with Crippen molar-refractivity contribution in [1.82, 2.24) is 15.0 Å². The molecule has 0 aliphatic carbocycles. The summed E-state index contributed by atoms with van der Waals surface area (Å²) in [5, 5.41) is 0.982. The Kier molecular flexibility index (Phi) is 4.54. The fraction of sp³-hybridized carbons (Fsp3) is 0.250. The van der Waals surface area contributed by atoms with Gasteiger partial charge < -0.3 is 0 Å². The second-order valence-electron chi connectivity index (χ2n) is 3.71. The Bertz CT molecular complexity index is 558. The molecule has 0 aliphatic rings. The first-order valence-corrected chi connectivity index (χ1v) is 7.00. The Morgan fingerprint density at radius 1 is 1.22 bits per heavy atom. The van der Waals surface area contributed by atoms with E-state index in [0.29, 0.717) is 21.7 Å². The molecule has 0 radical (unpaired) electrons. The highest BCUT2D eigenvalue weighted by Gasteiger charge is 2.12.